The van der Waals surface area contributed by atoms with E-state index in [1.807, 2.05) is 32.0 Å². The van der Waals surface area contributed by atoms with Crippen LogP contribution in [0.1, 0.15) is 36.5 Å². The van der Waals surface area contributed by atoms with E-state index in [4.69, 9.17) is 9.84 Å². The Labute approximate surface area is 109 Å². The average Bonchev–Trinajstić information content (AvgIpc) is 2.32. The first-order valence-electron chi connectivity index (χ1n) is 6.45. The van der Waals surface area contributed by atoms with Crippen molar-refractivity contribution in [1.82, 2.24) is 0 Å². The fourth-order valence-corrected chi connectivity index (χ4v) is 1.73. The van der Waals surface area contributed by atoms with Crippen LogP contribution < -0.4 is 0 Å². The van der Waals surface area contributed by atoms with Gasteiger partial charge in [-0.3, -0.25) is 0 Å². The summed E-state index contributed by atoms with van der Waals surface area (Å²) < 4.78 is 5.42. The molecular weight excluding hydrogens is 228 g/mol. The van der Waals surface area contributed by atoms with E-state index in [1.165, 1.54) is 11.1 Å². The Morgan fingerprint density at radius 1 is 1.33 bits per heavy atom. The highest BCUT2D eigenvalue weighted by atomic mass is 16.5. The lowest BCUT2D eigenvalue weighted by Gasteiger charge is -2.14. The Morgan fingerprint density at radius 2 is 2.06 bits per heavy atom. The number of ether oxygens (including phenoxy) is 1. The number of hydrogen-bond donors (Lipinski definition) is 1. The number of carboxylic acid groups (broad SMARTS) is 1. The summed E-state index contributed by atoms with van der Waals surface area (Å²) in [6.07, 6.45) is 1.60. The van der Waals surface area contributed by atoms with Crippen molar-refractivity contribution in [2.75, 3.05) is 6.61 Å². The SMILES string of the molecule is CCCCO[C@@H](Cc1ccc(C)c(C)c1)C(=O)O. The number of benzene rings is 1. The summed E-state index contributed by atoms with van der Waals surface area (Å²) in [7, 11) is 0. The van der Waals surface area contributed by atoms with E-state index in [-0.39, 0.29) is 0 Å². The second kappa shape index (κ2) is 7.17. The first kappa shape index (κ1) is 14.7. The van der Waals surface area contributed by atoms with Crippen molar-refractivity contribution in [1.29, 1.82) is 0 Å². The van der Waals surface area contributed by atoms with Crippen molar-refractivity contribution in [3.63, 3.8) is 0 Å². The van der Waals surface area contributed by atoms with Gasteiger partial charge in [0.1, 0.15) is 0 Å². The molecule has 0 saturated heterocycles. The molecular formula is C15H22O3. The molecule has 1 rings (SSSR count). The van der Waals surface area contributed by atoms with Crippen molar-refractivity contribution in [3.05, 3.63) is 34.9 Å². The minimum Gasteiger partial charge on any atom is -0.479 e. The molecule has 0 unspecified atom stereocenters. The third-order valence-corrected chi connectivity index (χ3v) is 3.08. The van der Waals surface area contributed by atoms with Crippen LogP contribution >= 0.6 is 0 Å². The standard InChI is InChI=1S/C15H22O3/c1-4-5-8-18-14(15(16)17)10-13-7-6-11(2)12(3)9-13/h6-7,9,14H,4-5,8,10H2,1-3H3,(H,16,17)/t14-/m0/s1. The molecule has 1 aromatic carbocycles. The lowest BCUT2D eigenvalue weighted by atomic mass is 10.0. The Kier molecular flexibility index (Phi) is 5.86. The third-order valence-electron chi connectivity index (χ3n) is 3.08. The molecule has 0 aliphatic rings. The van der Waals surface area contributed by atoms with E-state index in [9.17, 15) is 4.79 Å². The number of carboxylic acids is 1. The van der Waals surface area contributed by atoms with Gasteiger partial charge >= 0.3 is 5.97 Å². The van der Waals surface area contributed by atoms with E-state index < -0.39 is 12.1 Å². The molecule has 0 radical (unpaired) electrons. The zero-order valence-corrected chi connectivity index (χ0v) is 11.4. The maximum absolute atomic E-state index is 11.1. The van der Waals surface area contributed by atoms with E-state index in [0.717, 1.165) is 18.4 Å². The molecule has 3 nitrogen and oxygen atoms in total. The predicted octanol–water partition coefficient (Wildman–Crippen LogP) is 3.12. The maximum Gasteiger partial charge on any atom is 0.333 e. The van der Waals surface area contributed by atoms with Crippen molar-refractivity contribution in [2.45, 2.75) is 46.1 Å². The van der Waals surface area contributed by atoms with Gasteiger partial charge in [-0.2, -0.15) is 0 Å². The minimum atomic E-state index is -0.885. The Balaban J connectivity index is 2.64. The molecule has 0 heterocycles. The summed E-state index contributed by atoms with van der Waals surface area (Å²) in [5.41, 5.74) is 3.42. The van der Waals surface area contributed by atoms with Crippen molar-refractivity contribution >= 4 is 5.97 Å². The van der Waals surface area contributed by atoms with Gasteiger partial charge in [-0.25, -0.2) is 4.79 Å². The fraction of sp³-hybridized carbons (Fsp3) is 0.533. The molecule has 0 aromatic heterocycles. The lowest BCUT2D eigenvalue weighted by molar-refractivity contribution is -0.150. The van der Waals surface area contributed by atoms with Gasteiger partial charge in [0, 0.05) is 13.0 Å². The largest absolute Gasteiger partial charge is 0.479 e. The molecule has 0 amide bonds. The summed E-state index contributed by atoms with van der Waals surface area (Å²) >= 11 is 0. The number of rotatable bonds is 7. The molecule has 1 atom stereocenters. The highest BCUT2D eigenvalue weighted by Crippen LogP contribution is 2.13. The fourth-order valence-electron chi connectivity index (χ4n) is 1.73. The molecule has 0 bridgehead atoms. The second-order valence-corrected chi connectivity index (χ2v) is 4.67. The molecule has 0 saturated carbocycles. The molecule has 0 spiro atoms. The molecule has 0 aliphatic carbocycles. The van der Waals surface area contributed by atoms with Crippen LogP contribution in [0.3, 0.4) is 0 Å². The number of aryl methyl sites for hydroxylation is 2. The summed E-state index contributed by atoms with van der Waals surface area (Å²) in [5, 5.41) is 9.13. The first-order chi connectivity index (χ1) is 8.54. The van der Waals surface area contributed by atoms with Crippen LogP contribution in [0.15, 0.2) is 18.2 Å². The van der Waals surface area contributed by atoms with Gasteiger partial charge in [0.15, 0.2) is 6.10 Å². The zero-order chi connectivity index (χ0) is 13.5. The van der Waals surface area contributed by atoms with Crippen LogP contribution in [0, 0.1) is 13.8 Å². The van der Waals surface area contributed by atoms with Gasteiger partial charge in [0.05, 0.1) is 0 Å². The molecule has 3 heteroatoms. The topological polar surface area (TPSA) is 46.5 Å². The van der Waals surface area contributed by atoms with Gasteiger partial charge in [0.2, 0.25) is 0 Å². The first-order valence-corrected chi connectivity index (χ1v) is 6.45. The van der Waals surface area contributed by atoms with Crippen molar-refractivity contribution < 1.29 is 14.6 Å². The van der Waals surface area contributed by atoms with Gasteiger partial charge in [-0.15, -0.1) is 0 Å². The summed E-state index contributed by atoms with van der Waals surface area (Å²) in [4.78, 5) is 11.1. The van der Waals surface area contributed by atoms with Crippen LogP contribution in [0.25, 0.3) is 0 Å². The second-order valence-electron chi connectivity index (χ2n) is 4.67. The molecule has 1 N–H and O–H groups in total. The summed E-state index contributed by atoms with van der Waals surface area (Å²) in [5.74, 6) is -0.885. The average molecular weight is 250 g/mol. The number of aliphatic carboxylic acids is 1. The van der Waals surface area contributed by atoms with Crippen molar-refractivity contribution in [3.8, 4) is 0 Å². The summed E-state index contributed by atoms with van der Waals surface area (Å²) in [6.45, 7) is 6.65. The van der Waals surface area contributed by atoms with Gasteiger partial charge in [-0.05, 0) is 37.0 Å². The highest BCUT2D eigenvalue weighted by Gasteiger charge is 2.18. The van der Waals surface area contributed by atoms with Crippen LogP contribution in [0.2, 0.25) is 0 Å². The van der Waals surface area contributed by atoms with E-state index >= 15 is 0 Å². The Hall–Kier alpha value is -1.35. The normalized spacial score (nSPS) is 12.4. The number of hydrogen-bond acceptors (Lipinski definition) is 2. The lowest BCUT2D eigenvalue weighted by Crippen LogP contribution is -2.26. The molecule has 0 aliphatic heterocycles. The van der Waals surface area contributed by atoms with E-state index in [0.29, 0.717) is 13.0 Å². The minimum absolute atomic E-state index is 0.431. The third kappa shape index (κ3) is 4.49. The zero-order valence-electron chi connectivity index (χ0n) is 11.4. The van der Waals surface area contributed by atoms with Crippen LogP contribution in [0.4, 0.5) is 0 Å². The highest BCUT2D eigenvalue weighted by molar-refractivity contribution is 5.72. The Bertz CT molecular complexity index is 399. The van der Waals surface area contributed by atoms with Crippen molar-refractivity contribution in [2.24, 2.45) is 0 Å². The van der Waals surface area contributed by atoms with Gasteiger partial charge in [-0.1, -0.05) is 31.5 Å². The maximum atomic E-state index is 11.1. The number of unbranched alkanes of at least 4 members (excludes halogenated alkanes) is 1. The number of carbonyl (C=O) groups is 1. The van der Waals surface area contributed by atoms with Crippen LogP contribution in [-0.4, -0.2) is 23.8 Å². The predicted molar refractivity (Wildman–Crippen MR) is 71.9 cm³/mol. The van der Waals surface area contributed by atoms with E-state index in [2.05, 4.69) is 6.92 Å². The molecule has 100 valence electrons. The Morgan fingerprint density at radius 3 is 2.61 bits per heavy atom. The van der Waals surface area contributed by atoms with Gasteiger partial charge < -0.3 is 9.84 Å². The molecule has 1 aromatic rings. The smallest absolute Gasteiger partial charge is 0.333 e. The van der Waals surface area contributed by atoms with Gasteiger partial charge in [0.25, 0.3) is 0 Å². The molecule has 18 heavy (non-hydrogen) atoms. The van der Waals surface area contributed by atoms with E-state index in [1.54, 1.807) is 0 Å². The molecule has 0 fully saturated rings. The van der Waals surface area contributed by atoms with Crippen LogP contribution in [0.5, 0.6) is 0 Å². The monoisotopic (exact) mass is 250 g/mol. The quantitative estimate of drug-likeness (QED) is 0.756. The van der Waals surface area contributed by atoms with Crippen LogP contribution in [-0.2, 0) is 16.0 Å². The summed E-state index contributed by atoms with van der Waals surface area (Å²) in [6, 6.07) is 6.03.